The summed E-state index contributed by atoms with van der Waals surface area (Å²) in [4.78, 5) is 30.7. The van der Waals surface area contributed by atoms with E-state index in [1.807, 2.05) is 43.3 Å². The number of thiazole rings is 1. The molecule has 0 radical (unpaired) electrons. The lowest BCUT2D eigenvalue weighted by Gasteiger charge is -2.23. The molecule has 0 saturated heterocycles. The van der Waals surface area contributed by atoms with Crippen LogP contribution in [0.3, 0.4) is 0 Å². The van der Waals surface area contributed by atoms with Crippen LogP contribution < -0.4 is 4.74 Å². The van der Waals surface area contributed by atoms with Gasteiger partial charge in [0.25, 0.3) is 5.91 Å². The van der Waals surface area contributed by atoms with Gasteiger partial charge >= 0.3 is 5.97 Å². The number of hydrogen-bond acceptors (Lipinski definition) is 6. The lowest BCUT2D eigenvalue weighted by atomic mass is 10.1. The van der Waals surface area contributed by atoms with E-state index in [-0.39, 0.29) is 25.0 Å². The van der Waals surface area contributed by atoms with Crippen molar-refractivity contribution >= 4 is 33.4 Å². The average molecular weight is 398 g/mol. The highest BCUT2D eigenvalue weighted by atomic mass is 32.1. The lowest BCUT2D eigenvalue weighted by molar-refractivity contribution is -0.151. The van der Waals surface area contributed by atoms with Crippen molar-refractivity contribution in [3.05, 3.63) is 59.1 Å². The van der Waals surface area contributed by atoms with Crippen LogP contribution in [-0.2, 0) is 20.7 Å². The monoisotopic (exact) mass is 398 g/mol. The second-order valence-electron chi connectivity index (χ2n) is 6.35. The van der Waals surface area contributed by atoms with E-state index in [1.54, 1.807) is 42.5 Å². The predicted molar refractivity (Wildman–Crippen MR) is 108 cm³/mol. The van der Waals surface area contributed by atoms with Gasteiger partial charge in [-0.25, -0.2) is 4.98 Å². The van der Waals surface area contributed by atoms with Crippen molar-refractivity contribution in [2.45, 2.75) is 19.4 Å². The van der Waals surface area contributed by atoms with Gasteiger partial charge in [0.1, 0.15) is 10.8 Å². The van der Waals surface area contributed by atoms with E-state index in [4.69, 9.17) is 9.47 Å². The Bertz CT molecular complexity index is 952. The third-order valence-electron chi connectivity index (χ3n) is 4.53. The van der Waals surface area contributed by atoms with Crippen molar-refractivity contribution in [1.29, 1.82) is 0 Å². The Labute approximate surface area is 167 Å². The SMILES string of the molecule is COc1ccccc1CC(=O)OCC(=O)N(C)[C@@H](C)c1nc2ccccc2s1. The van der Waals surface area contributed by atoms with E-state index >= 15 is 0 Å². The first kappa shape index (κ1) is 19.8. The summed E-state index contributed by atoms with van der Waals surface area (Å²) >= 11 is 1.55. The minimum absolute atomic E-state index is 0.0500. The van der Waals surface area contributed by atoms with Crippen LogP contribution in [0.2, 0.25) is 0 Å². The number of methoxy groups -OCH3 is 1. The Balaban J connectivity index is 1.56. The van der Waals surface area contributed by atoms with Crippen LogP contribution in [-0.4, -0.2) is 42.5 Å². The molecule has 7 heteroatoms. The van der Waals surface area contributed by atoms with Crippen LogP contribution in [0, 0.1) is 0 Å². The predicted octanol–water partition coefficient (Wildman–Crippen LogP) is 3.61. The first-order valence-corrected chi connectivity index (χ1v) is 9.70. The number of carbonyl (C=O) groups is 2. The molecule has 1 heterocycles. The molecule has 28 heavy (non-hydrogen) atoms. The van der Waals surface area contributed by atoms with Gasteiger partial charge in [-0.2, -0.15) is 0 Å². The van der Waals surface area contributed by atoms with Crippen LogP contribution in [0.4, 0.5) is 0 Å². The molecule has 0 N–H and O–H groups in total. The normalized spacial score (nSPS) is 11.8. The molecule has 3 aromatic rings. The average Bonchev–Trinajstić information content (AvgIpc) is 3.15. The van der Waals surface area contributed by atoms with Crippen LogP contribution in [0.25, 0.3) is 10.2 Å². The Hall–Kier alpha value is -2.93. The maximum Gasteiger partial charge on any atom is 0.310 e. The number of para-hydroxylation sites is 2. The standard InChI is InChI=1S/C21H22N2O4S/c1-14(21-22-16-9-5-7-11-18(16)28-21)23(2)19(24)13-27-20(25)12-15-8-4-6-10-17(15)26-3/h4-11,14H,12-13H2,1-3H3/t14-/m0/s1. The summed E-state index contributed by atoms with van der Waals surface area (Å²) < 4.78 is 11.5. The van der Waals surface area contributed by atoms with Gasteiger partial charge in [-0.1, -0.05) is 30.3 Å². The largest absolute Gasteiger partial charge is 0.496 e. The summed E-state index contributed by atoms with van der Waals surface area (Å²) in [6, 6.07) is 14.9. The van der Waals surface area contributed by atoms with Gasteiger partial charge in [0.05, 0.1) is 29.8 Å². The quantitative estimate of drug-likeness (QED) is 0.569. The Morgan fingerprint density at radius 3 is 2.61 bits per heavy atom. The van der Waals surface area contributed by atoms with Crippen molar-refractivity contribution in [3.8, 4) is 5.75 Å². The molecule has 0 aliphatic carbocycles. The molecule has 1 aromatic heterocycles. The molecular weight excluding hydrogens is 376 g/mol. The molecule has 0 aliphatic heterocycles. The minimum atomic E-state index is -0.473. The fourth-order valence-electron chi connectivity index (χ4n) is 2.75. The minimum Gasteiger partial charge on any atom is -0.496 e. The fourth-order valence-corrected chi connectivity index (χ4v) is 3.81. The number of ether oxygens (including phenoxy) is 2. The van der Waals surface area contributed by atoms with E-state index in [0.29, 0.717) is 5.75 Å². The maximum atomic E-state index is 12.5. The summed E-state index contributed by atoms with van der Waals surface area (Å²) in [5.41, 5.74) is 1.64. The number of amides is 1. The zero-order valence-electron chi connectivity index (χ0n) is 16.0. The van der Waals surface area contributed by atoms with E-state index in [0.717, 1.165) is 20.8 Å². The molecule has 1 amide bonds. The topological polar surface area (TPSA) is 68.7 Å². The van der Waals surface area contributed by atoms with Crippen LogP contribution in [0.15, 0.2) is 48.5 Å². The molecule has 0 bridgehead atoms. The van der Waals surface area contributed by atoms with Crippen LogP contribution in [0.5, 0.6) is 5.75 Å². The number of fused-ring (bicyclic) bond motifs is 1. The van der Waals surface area contributed by atoms with E-state index < -0.39 is 5.97 Å². The Morgan fingerprint density at radius 1 is 1.14 bits per heavy atom. The van der Waals surface area contributed by atoms with Gasteiger partial charge < -0.3 is 14.4 Å². The Kier molecular flexibility index (Phi) is 6.26. The summed E-state index contributed by atoms with van der Waals surface area (Å²) in [5, 5.41) is 0.845. The van der Waals surface area contributed by atoms with Gasteiger partial charge in [0, 0.05) is 12.6 Å². The van der Waals surface area contributed by atoms with Gasteiger partial charge in [-0.15, -0.1) is 11.3 Å². The number of likely N-dealkylation sites (N-methyl/N-ethyl adjacent to an activating group) is 1. The van der Waals surface area contributed by atoms with E-state index in [1.165, 1.54) is 0 Å². The summed E-state index contributed by atoms with van der Waals surface area (Å²) in [6.45, 7) is 1.60. The van der Waals surface area contributed by atoms with Gasteiger partial charge in [0.2, 0.25) is 0 Å². The van der Waals surface area contributed by atoms with E-state index in [2.05, 4.69) is 4.98 Å². The first-order valence-electron chi connectivity index (χ1n) is 8.88. The van der Waals surface area contributed by atoms with Crippen molar-refractivity contribution in [2.24, 2.45) is 0 Å². The van der Waals surface area contributed by atoms with Crippen molar-refractivity contribution in [3.63, 3.8) is 0 Å². The van der Waals surface area contributed by atoms with E-state index in [9.17, 15) is 9.59 Å². The Morgan fingerprint density at radius 2 is 1.86 bits per heavy atom. The maximum absolute atomic E-state index is 12.5. The van der Waals surface area contributed by atoms with Gasteiger partial charge in [-0.3, -0.25) is 9.59 Å². The lowest BCUT2D eigenvalue weighted by Crippen LogP contribution is -2.33. The summed E-state index contributed by atoms with van der Waals surface area (Å²) in [6.07, 6.45) is 0.0500. The molecule has 6 nitrogen and oxygen atoms in total. The zero-order valence-corrected chi connectivity index (χ0v) is 16.9. The van der Waals surface area contributed by atoms with Crippen LogP contribution >= 0.6 is 11.3 Å². The zero-order chi connectivity index (χ0) is 20.1. The number of nitrogens with zero attached hydrogens (tertiary/aromatic N) is 2. The number of esters is 1. The molecule has 146 valence electrons. The number of benzene rings is 2. The highest BCUT2D eigenvalue weighted by molar-refractivity contribution is 7.18. The molecule has 0 aliphatic rings. The number of aromatic nitrogens is 1. The molecule has 0 saturated carbocycles. The molecule has 2 aromatic carbocycles. The summed E-state index contributed by atoms with van der Waals surface area (Å²) in [7, 11) is 3.24. The fraction of sp³-hybridized carbons (Fsp3) is 0.286. The highest BCUT2D eigenvalue weighted by Crippen LogP contribution is 2.28. The van der Waals surface area contributed by atoms with Crippen molar-refractivity contribution in [1.82, 2.24) is 9.88 Å². The molecular formula is C21H22N2O4S. The van der Waals surface area contributed by atoms with Crippen molar-refractivity contribution in [2.75, 3.05) is 20.8 Å². The molecule has 0 spiro atoms. The molecule has 1 atom stereocenters. The molecule has 3 rings (SSSR count). The van der Waals surface area contributed by atoms with Crippen LogP contribution in [0.1, 0.15) is 23.5 Å². The molecule has 0 unspecified atom stereocenters. The summed E-state index contributed by atoms with van der Waals surface area (Å²) in [5.74, 6) is -0.133. The number of carbonyl (C=O) groups excluding carboxylic acids is 2. The second-order valence-corrected chi connectivity index (χ2v) is 7.41. The number of hydrogen-bond donors (Lipinski definition) is 0. The smallest absolute Gasteiger partial charge is 0.310 e. The number of rotatable bonds is 7. The first-order chi connectivity index (χ1) is 13.5. The van der Waals surface area contributed by atoms with Gasteiger partial charge in [-0.05, 0) is 25.1 Å². The van der Waals surface area contributed by atoms with Crippen molar-refractivity contribution < 1.29 is 19.1 Å². The van der Waals surface area contributed by atoms with Gasteiger partial charge in [0.15, 0.2) is 6.61 Å². The second kappa shape index (κ2) is 8.84. The third-order valence-corrected chi connectivity index (χ3v) is 5.73. The highest BCUT2D eigenvalue weighted by Gasteiger charge is 2.22. The molecule has 0 fully saturated rings. The third kappa shape index (κ3) is 4.48.